The Hall–Kier alpha value is -1.48. The first-order valence-corrected chi connectivity index (χ1v) is 4.87. The quantitative estimate of drug-likeness (QED) is 0.551. The molecular formula is C10H7NOS. The third kappa shape index (κ3) is 0.820. The van der Waals surface area contributed by atoms with Crippen molar-refractivity contribution in [2.45, 2.75) is 0 Å². The molecule has 3 heteroatoms. The number of fused-ring (bicyclic) bond motifs is 2. The van der Waals surface area contributed by atoms with Crippen LogP contribution in [0.3, 0.4) is 0 Å². The van der Waals surface area contributed by atoms with E-state index in [0.29, 0.717) is 0 Å². The average molecular weight is 189 g/mol. The van der Waals surface area contributed by atoms with Crippen LogP contribution >= 0.6 is 11.3 Å². The highest BCUT2D eigenvalue weighted by atomic mass is 32.1. The summed E-state index contributed by atoms with van der Waals surface area (Å²) in [5.41, 5.74) is 7.68. The van der Waals surface area contributed by atoms with Crippen molar-refractivity contribution in [3.8, 4) is 0 Å². The van der Waals surface area contributed by atoms with Gasteiger partial charge >= 0.3 is 0 Å². The second-order valence-electron chi connectivity index (χ2n) is 2.96. The number of anilines is 1. The summed E-state index contributed by atoms with van der Waals surface area (Å²) in [6.45, 7) is 0. The van der Waals surface area contributed by atoms with Gasteiger partial charge < -0.3 is 10.2 Å². The van der Waals surface area contributed by atoms with E-state index in [2.05, 4.69) is 0 Å². The third-order valence-electron chi connectivity index (χ3n) is 2.23. The summed E-state index contributed by atoms with van der Waals surface area (Å²) in [6, 6.07) is 5.98. The fraction of sp³-hybridized carbons (Fsp3) is 0. The number of hydrogen-bond acceptors (Lipinski definition) is 3. The SMILES string of the molecule is Nc1c2ccoc2cc2sccc12. The lowest BCUT2D eigenvalue weighted by molar-refractivity contribution is 0.616. The Balaban J connectivity index is 2.67. The average Bonchev–Trinajstić information content (AvgIpc) is 2.71. The molecular weight excluding hydrogens is 182 g/mol. The van der Waals surface area contributed by atoms with Crippen molar-refractivity contribution in [1.82, 2.24) is 0 Å². The standard InChI is InChI=1S/C10H7NOS/c11-10-6-1-3-12-8(6)5-9-7(10)2-4-13-9/h1-5H,11H2. The summed E-state index contributed by atoms with van der Waals surface area (Å²) in [6.07, 6.45) is 1.67. The molecule has 2 heterocycles. The molecule has 13 heavy (non-hydrogen) atoms. The van der Waals surface area contributed by atoms with Gasteiger partial charge in [0, 0.05) is 15.5 Å². The molecule has 0 atom stereocenters. The van der Waals surface area contributed by atoms with Crippen molar-refractivity contribution in [2.75, 3.05) is 5.73 Å². The van der Waals surface area contributed by atoms with Crippen LogP contribution in [0.5, 0.6) is 0 Å². The fourth-order valence-corrected chi connectivity index (χ4v) is 2.41. The van der Waals surface area contributed by atoms with Gasteiger partial charge in [0.25, 0.3) is 0 Å². The van der Waals surface area contributed by atoms with Crippen LogP contribution in [0.25, 0.3) is 21.1 Å². The van der Waals surface area contributed by atoms with Crippen molar-refractivity contribution in [2.24, 2.45) is 0 Å². The van der Waals surface area contributed by atoms with E-state index in [1.54, 1.807) is 17.6 Å². The topological polar surface area (TPSA) is 39.2 Å². The molecule has 0 fully saturated rings. The van der Waals surface area contributed by atoms with Crippen molar-refractivity contribution in [3.63, 3.8) is 0 Å². The maximum absolute atomic E-state index is 5.99. The maximum atomic E-state index is 5.99. The first-order valence-electron chi connectivity index (χ1n) is 3.99. The highest BCUT2D eigenvalue weighted by Crippen LogP contribution is 2.33. The molecule has 0 saturated heterocycles. The lowest BCUT2D eigenvalue weighted by Gasteiger charge is -1.97. The Kier molecular flexibility index (Phi) is 1.21. The normalized spacial score (nSPS) is 11.4. The third-order valence-corrected chi connectivity index (χ3v) is 3.10. The number of benzene rings is 1. The molecule has 64 valence electrons. The van der Waals surface area contributed by atoms with Crippen molar-refractivity contribution in [3.05, 3.63) is 29.8 Å². The number of hydrogen-bond donors (Lipinski definition) is 1. The second-order valence-corrected chi connectivity index (χ2v) is 3.90. The van der Waals surface area contributed by atoms with Crippen molar-refractivity contribution in [1.29, 1.82) is 0 Å². The minimum atomic E-state index is 0.822. The summed E-state index contributed by atoms with van der Waals surface area (Å²) in [7, 11) is 0. The van der Waals surface area contributed by atoms with E-state index in [1.165, 1.54) is 4.70 Å². The Morgan fingerprint density at radius 2 is 2.15 bits per heavy atom. The molecule has 0 aliphatic carbocycles. The summed E-state index contributed by atoms with van der Waals surface area (Å²) >= 11 is 1.68. The van der Waals surface area contributed by atoms with E-state index in [-0.39, 0.29) is 0 Å². The largest absolute Gasteiger partial charge is 0.464 e. The van der Waals surface area contributed by atoms with Gasteiger partial charge in [0.1, 0.15) is 5.58 Å². The molecule has 2 N–H and O–H groups in total. The molecule has 0 aliphatic heterocycles. The van der Waals surface area contributed by atoms with E-state index in [4.69, 9.17) is 10.2 Å². The van der Waals surface area contributed by atoms with Gasteiger partial charge in [-0.25, -0.2) is 0 Å². The maximum Gasteiger partial charge on any atom is 0.137 e. The van der Waals surface area contributed by atoms with E-state index in [9.17, 15) is 0 Å². The first kappa shape index (κ1) is 6.97. The van der Waals surface area contributed by atoms with Gasteiger partial charge in [0.15, 0.2) is 0 Å². The fourth-order valence-electron chi connectivity index (χ4n) is 1.57. The lowest BCUT2D eigenvalue weighted by atomic mass is 10.1. The van der Waals surface area contributed by atoms with Crippen LogP contribution in [0, 0.1) is 0 Å². The minimum Gasteiger partial charge on any atom is -0.464 e. The Bertz CT molecular complexity index is 530. The zero-order valence-electron chi connectivity index (χ0n) is 6.78. The van der Waals surface area contributed by atoms with E-state index in [1.807, 2.05) is 23.6 Å². The summed E-state index contributed by atoms with van der Waals surface area (Å²) in [5.74, 6) is 0. The predicted octanol–water partition coefficient (Wildman–Crippen LogP) is 3.23. The van der Waals surface area contributed by atoms with Crippen LogP contribution in [0.1, 0.15) is 0 Å². The molecule has 0 radical (unpaired) electrons. The zero-order valence-corrected chi connectivity index (χ0v) is 7.60. The molecule has 2 aromatic heterocycles. The van der Waals surface area contributed by atoms with E-state index in [0.717, 1.165) is 22.0 Å². The molecule has 0 amide bonds. The summed E-state index contributed by atoms with van der Waals surface area (Å²) in [4.78, 5) is 0. The summed E-state index contributed by atoms with van der Waals surface area (Å²) in [5, 5.41) is 4.17. The van der Waals surface area contributed by atoms with Crippen LogP contribution in [0.15, 0.2) is 34.3 Å². The Morgan fingerprint density at radius 1 is 1.23 bits per heavy atom. The number of thiophene rings is 1. The number of nitrogen functional groups attached to an aromatic ring is 1. The summed E-state index contributed by atoms with van der Waals surface area (Å²) < 4.78 is 6.48. The van der Waals surface area contributed by atoms with Crippen LogP contribution < -0.4 is 5.73 Å². The lowest BCUT2D eigenvalue weighted by Crippen LogP contribution is -1.84. The van der Waals surface area contributed by atoms with Crippen LogP contribution in [-0.4, -0.2) is 0 Å². The van der Waals surface area contributed by atoms with Gasteiger partial charge in [-0.3, -0.25) is 0 Å². The molecule has 0 saturated carbocycles. The monoisotopic (exact) mass is 189 g/mol. The van der Waals surface area contributed by atoms with Gasteiger partial charge in [-0.2, -0.15) is 0 Å². The zero-order chi connectivity index (χ0) is 8.84. The molecule has 3 aromatic rings. The smallest absolute Gasteiger partial charge is 0.137 e. The second kappa shape index (κ2) is 2.26. The van der Waals surface area contributed by atoms with Crippen LogP contribution in [0.2, 0.25) is 0 Å². The predicted molar refractivity (Wildman–Crippen MR) is 56.0 cm³/mol. The Labute approximate surface area is 78.6 Å². The van der Waals surface area contributed by atoms with Gasteiger partial charge in [0.05, 0.1) is 12.0 Å². The number of nitrogens with two attached hydrogens (primary N) is 1. The van der Waals surface area contributed by atoms with Crippen LogP contribution in [-0.2, 0) is 0 Å². The number of furan rings is 1. The van der Waals surface area contributed by atoms with Gasteiger partial charge in [-0.05, 0) is 23.6 Å². The van der Waals surface area contributed by atoms with Gasteiger partial charge in [0.2, 0.25) is 0 Å². The molecule has 3 rings (SSSR count). The first-order chi connectivity index (χ1) is 6.36. The van der Waals surface area contributed by atoms with Crippen LogP contribution in [0.4, 0.5) is 5.69 Å². The molecule has 1 aromatic carbocycles. The molecule has 0 spiro atoms. The highest BCUT2D eigenvalue weighted by Gasteiger charge is 2.06. The van der Waals surface area contributed by atoms with Crippen molar-refractivity contribution < 1.29 is 4.42 Å². The Morgan fingerprint density at radius 3 is 3.08 bits per heavy atom. The molecule has 0 bridgehead atoms. The van der Waals surface area contributed by atoms with E-state index >= 15 is 0 Å². The molecule has 2 nitrogen and oxygen atoms in total. The highest BCUT2D eigenvalue weighted by molar-refractivity contribution is 7.17. The van der Waals surface area contributed by atoms with Crippen molar-refractivity contribution >= 4 is 38.1 Å². The van der Waals surface area contributed by atoms with E-state index < -0.39 is 0 Å². The number of rotatable bonds is 0. The molecule has 0 unspecified atom stereocenters. The minimum absolute atomic E-state index is 0.822. The van der Waals surface area contributed by atoms with Gasteiger partial charge in [-0.15, -0.1) is 11.3 Å². The van der Waals surface area contributed by atoms with Gasteiger partial charge in [-0.1, -0.05) is 0 Å². The molecule has 0 aliphatic rings.